The lowest BCUT2D eigenvalue weighted by atomic mass is 9.87. The Labute approximate surface area is 121 Å². The minimum absolute atomic E-state index is 0.0337. The van der Waals surface area contributed by atoms with Gasteiger partial charge in [-0.2, -0.15) is 4.98 Å². The van der Waals surface area contributed by atoms with Crippen molar-refractivity contribution in [3.05, 3.63) is 40.3 Å². The molecule has 112 valence electrons. The minimum Gasteiger partial charge on any atom is -0.392 e. The van der Waals surface area contributed by atoms with Gasteiger partial charge in [0.15, 0.2) is 0 Å². The van der Waals surface area contributed by atoms with Crippen molar-refractivity contribution in [2.24, 2.45) is 5.41 Å². The van der Waals surface area contributed by atoms with Crippen LogP contribution >= 0.6 is 0 Å². The van der Waals surface area contributed by atoms with Crippen molar-refractivity contribution in [2.75, 3.05) is 0 Å². The molecule has 0 aliphatic rings. The molecule has 0 bridgehead atoms. The molecular weight excluding hydrogens is 274 g/mol. The van der Waals surface area contributed by atoms with Crippen LogP contribution in [-0.2, 0) is 6.42 Å². The molecule has 7 heteroatoms. The van der Waals surface area contributed by atoms with Crippen LogP contribution in [-0.4, -0.2) is 26.3 Å². The predicted molar refractivity (Wildman–Crippen MR) is 75.6 cm³/mol. The molecule has 1 unspecified atom stereocenters. The van der Waals surface area contributed by atoms with Gasteiger partial charge in [-0.3, -0.25) is 10.1 Å². The Morgan fingerprint density at radius 3 is 2.76 bits per heavy atom. The normalized spacial score (nSPS) is 13.1. The van der Waals surface area contributed by atoms with Crippen LogP contribution in [0.2, 0.25) is 0 Å². The van der Waals surface area contributed by atoms with Gasteiger partial charge in [-0.15, -0.1) is 0 Å². The lowest BCUT2D eigenvalue weighted by Crippen LogP contribution is -2.28. The fourth-order valence-corrected chi connectivity index (χ4v) is 1.69. The molecule has 0 radical (unpaired) electrons. The zero-order valence-corrected chi connectivity index (χ0v) is 12.1. The Kier molecular flexibility index (Phi) is 4.04. The summed E-state index contributed by atoms with van der Waals surface area (Å²) in [6, 6.07) is 6.01. The van der Waals surface area contributed by atoms with Crippen LogP contribution in [0.1, 0.15) is 26.7 Å². The molecule has 0 aliphatic heterocycles. The fourth-order valence-electron chi connectivity index (χ4n) is 1.69. The number of aliphatic hydroxyl groups is 1. The summed E-state index contributed by atoms with van der Waals surface area (Å²) in [5.41, 5.74) is 0.179. The van der Waals surface area contributed by atoms with Gasteiger partial charge in [-0.25, -0.2) is 0 Å². The van der Waals surface area contributed by atoms with Gasteiger partial charge < -0.3 is 9.63 Å². The third-order valence-electron chi connectivity index (χ3n) is 3.15. The lowest BCUT2D eigenvalue weighted by molar-refractivity contribution is -0.384. The van der Waals surface area contributed by atoms with Crippen molar-refractivity contribution in [2.45, 2.75) is 33.3 Å². The van der Waals surface area contributed by atoms with Gasteiger partial charge in [0.2, 0.25) is 11.7 Å². The molecule has 0 amide bonds. The second-order valence-electron chi connectivity index (χ2n) is 5.91. The molecule has 0 saturated heterocycles. The number of aromatic nitrogens is 2. The third-order valence-corrected chi connectivity index (χ3v) is 3.15. The number of non-ortho nitro benzene ring substituents is 1. The maximum absolute atomic E-state index is 10.8. The van der Waals surface area contributed by atoms with Gasteiger partial charge >= 0.3 is 0 Å². The van der Waals surface area contributed by atoms with Crippen LogP contribution in [0, 0.1) is 15.5 Å². The highest BCUT2D eigenvalue weighted by Gasteiger charge is 2.25. The lowest BCUT2D eigenvalue weighted by Gasteiger charge is -2.24. The molecule has 1 heterocycles. The molecule has 1 aromatic heterocycles. The third kappa shape index (κ3) is 3.63. The van der Waals surface area contributed by atoms with Crippen LogP contribution in [0.25, 0.3) is 11.4 Å². The molecule has 0 aliphatic carbocycles. The van der Waals surface area contributed by atoms with E-state index in [1.165, 1.54) is 12.1 Å². The van der Waals surface area contributed by atoms with Gasteiger partial charge in [-0.05, 0) is 5.41 Å². The second kappa shape index (κ2) is 5.61. The molecule has 21 heavy (non-hydrogen) atoms. The number of rotatable bonds is 4. The maximum atomic E-state index is 10.8. The number of benzene rings is 1. The van der Waals surface area contributed by atoms with Crippen molar-refractivity contribution in [1.29, 1.82) is 0 Å². The van der Waals surface area contributed by atoms with Crippen molar-refractivity contribution in [1.82, 2.24) is 10.1 Å². The molecule has 1 aromatic carbocycles. The maximum Gasteiger partial charge on any atom is 0.270 e. The molecular formula is C14H17N3O4. The quantitative estimate of drug-likeness (QED) is 0.686. The molecule has 0 spiro atoms. The summed E-state index contributed by atoms with van der Waals surface area (Å²) >= 11 is 0. The Morgan fingerprint density at radius 1 is 1.43 bits per heavy atom. The Balaban J connectivity index is 2.20. The van der Waals surface area contributed by atoms with E-state index in [9.17, 15) is 15.2 Å². The van der Waals surface area contributed by atoms with Crippen molar-refractivity contribution in [3.8, 4) is 11.4 Å². The van der Waals surface area contributed by atoms with Crippen LogP contribution < -0.4 is 0 Å². The summed E-state index contributed by atoms with van der Waals surface area (Å²) in [5.74, 6) is 0.578. The van der Waals surface area contributed by atoms with Crippen LogP contribution in [0.5, 0.6) is 0 Å². The van der Waals surface area contributed by atoms with Crippen molar-refractivity contribution >= 4 is 5.69 Å². The molecule has 2 aromatic rings. The molecule has 2 rings (SSSR count). The number of hydrogen-bond donors (Lipinski definition) is 1. The van der Waals surface area contributed by atoms with E-state index in [-0.39, 0.29) is 23.3 Å². The number of aliphatic hydroxyl groups excluding tert-OH is 1. The number of hydrogen-bond acceptors (Lipinski definition) is 6. The number of nitro groups is 1. The first-order chi connectivity index (χ1) is 9.77. The first-order valence-electron chi connectivity index (χ1n) is 6.53. The first-order valence-corrected chi connectivity index (χ1v) is 6.53. The van der Waals surface area contributed by atoms with Gasteiger partial charge in [0.1, 0.15) is 0 Å². The average Bonchev–Trinajstić information content (AvgIpc) is 2.86. The molecule has 1 atom stereocenters. The monoisotopic (exact) mass is 291 g/mol. The van der Waals surface area contributed by atoms with E-state index in [4.69, 9.17) is 4.52 Å². The highest BCUT2D eigenvalue weighted by atomic mass is 16.6. The summed E-state index contributed by atoms with van der Waals surface area (Å²) in [6.45, 7) is 5.74. The number of nitrogens with zero attached hydrogens (tertiary/aromatic N) is 3. The highest BCUT2D eigenvalue weighted by molar-refractivity contribution is 5.58. The minimum atomic E-state index is -0.615. The van der Waals surface area contributed by atoms with Gasteiger partial charge in [0, 0.05) is 17.7 Å². The zero-order valence-electron chi connectivity index (χ0n) is 12.1. The second-order valence-corrected chi connectivity index (χ2v) is 5.91. The van der Waals surface area contributed by atoms with Gasteiger partial charge in [-0.1, -0.05) is 38.1 Å². The average molecular weight is 291 g/mol. The first kappa shape index (κ1) is 15.1. The van der Waals surface area contributed by atoms with Gasteiger partial charge in [0.05, 0.1) is 17.4 Å². The molecule has 7 nitrogen and oxygen atoms in total. The van der Waals surface area contributed by atoms with E-state index in [1.807, 2.05) is 20.8 Å². The van der Waals surface area contributed by atoms with E-state index in [0.29, 0.717) is 11.5 Å². The SMILES string of the molecule is CC(C)(C)C(O)Cc1nc(-c2cccc([N+](=O)[O-])c2)no1. The predicted octanol–water partition coefficient (Wildman–Crippen LogP) is 2.59. The Bertz CT molecular complexity index is 646. The van der Waals surface area contributed by atoms with Crippen molar-refractivity contribution < 1.29 is 14.6 Å². The van der Waals surface area contributed by atoms with E-state index in [1.54, 1.807) is 12.1 Å². The van der Waals surface area contributed by atoms with E-state index in [2.05, 4.69) is 10.1 Å². The smallest absolute Gasteiger partial charge is 0.270 e. The largest absolute Gasteiger partial charge is 0.392 e. The zero-order chi connectivity index (χ0) is 15.6. The van der Waals surface area contributed by atoms with E-state index in [0.717, 1.165) is 0 Å². The molecule has 0 saturated carbocycles. The summed E-state index contributed by atoms with van der Waals surface area (Å²) in [6.07, 6.45) is -0.373. The standard InChI is InChI=1S/C14H17N3O4/c1-14(2,3)11(18)8-12-15-13(16-21-12)9-5-4-6-10(7-9)17(19)20/h4-7,11,18H,8H2,1-3H3. The molecule has 0 fully saturated rings. The van der Waals surface area contributed by atoms with E-state index < -0.39 is 11.0 Å². The fraction of sp³-hybridized carbons (Fsp3) is 0.429. The summed E-state index contributed by atoms with van der Waals surface area (Å²) in [4.78, 5) is 14.4. The van der Waals surface area contributed by atoms with Crippen LogP contribution in [0.3, 0.4) is 0 Å². The van der Waals surface area contributed by atoms with Crippen molar-refractivity contribution in [3.63, 3.8) is 0 Å². The molecule has 1 N–H and O–H groups in total. The summed E-state index contributed by atoms with van der Waals surface area (Å²) < 4.78 is 5.09. The number of nitro benzene ring substituents is 1. The van der Waals surface area contributed by atoms with Gasteiger partial charge in [0.25, 0.3) is 5.69 Å². The topological polar surface area (TPSA) is 102 Å². The van der Waals surface area contributed by atoms with Crippen LogP contribution in [0.15, 0.2) is 28.8 Å². The summed E-state index contributed by atoms with van der Waals surface area (Å²) in [5, 5.41) is 24.6. The van der Waals surface area contributed by atoms with Crippen LogP contribution in [0.4, 0.5) is 5.69 Å². The summed E-state index contributed by atoms with van der Waals surface area (Å²) in [7, 11) is 0. The van der Waals surface area contributed by atoms with E-state index >= 15 is 0 Å². The Hall–Kier alpha value is -2.28. The highest BCUT2D eigenvalue weighted by Crippen LogP contribution is 2.24. The Morgan fingerprint density at radius 2 is 2.14 bits per heavy atom.